The molecule has 23 heavy (non-hydrogen) atoms. The highest BCUT2D eigenvalue weighted by molar-refractivity contribution is 7.52. The first-order valence-corrected chi connectivity index (χ1v) is 8.94. The predicted molar refractivity (Wildman–Crippen MR) is 85.5 cm³/mol. The van der Waals surface area contributed by atoms with Crippen LogP contribution in [0.3, 0.4) is 0 Å². The molecule has 3 rings (SSSR count). The summed E-state index contributed by atoms with van der Waals surface area (Å²) in [4.78, 5) is 19.4. The summed E-state index contributed by atoms with van der Waals surface area (Å²) < 4.78 is 22.8. The van der Waals surface area contributed by atoms with Crippen LogP contribution < -0.4 is 14.8 Å². The molecule has 0 aliphatic carbocycles. The third-order valence-corrected chi connectivity index (χ3v) is 4.71. The second-order valence-electron chi connectivity index (χ2n) is 5.26. The minimum absolute atomic E-state index is 0.352. The van der Waals surface area contributed by atoms with Gasteiger partial charge in [0.25, 0.3) is 0 Å². The first kappa shape index (κ1) is 16.0. The molecule has 0 saturated carbocycles. The molecule has 3 N–H and O–H groups in total. The Labute approximate surface area is 134 Å². The summed E-state index contributed by atoms with van der Waals surface area (Å²) in [5.74, 6) is -0.000218. The van der Waals surface area contributed by atoms with Crippen LogP contribution in [0.25, 0.3) is 0 Å². The summed E-state index contributed by atoms with van der Waals surface area (Å²) in [5.41, 5.74) is 1.42. The van der Waals surface area contributed by atoms with Crippen molar-refractivity contribution in [3.8, 4) is 11.5 Å². The zero-order valence-electron chi connectivity index (χ0n) is 12.4. The van der Waals surface area contributed by atoms with Crippen molar-refractivity contribution in [2.45, 2.75) is 12.3 Å². The van der Waals surface area contributed by atoms with Crippen LogP contribution >= 0.6 is 7.60 Å². The highest BCUT2D eigenvalue weighted by atomic mass is 31.2. The maximum Gasteiger partial charge on any atom is 0.346 e. The van der Waals surface area contributed by atoms with Gasteiger partial charge in [0.1, 0.15) is 19.0 Å². The second-order valence-corrected chi connectivity index (χ2v) is 6.96. The standard InChI is InChI=1S/C16H18NO5P/c18-23(19,20)16(17-11-12-4-2-1-3-5-12)13-6-7-14-15(10-13)22-9-8-21-14/h1-7,10,16-17H,8-9,11H2,(H2,18,19,20)/t16-/m1/s1. The van der Waals surface area contributed by atoms with Crippen LogP contribution in [-0.4, -0.2) is 23.0 Å². The Balaban J connectivity index is 1.83. The zero-order chi connectivity index (χ0) is 16.3. The van der Waals surface area contributed by atoms with E-state index in [0.29, 0.717) is 36.8 Å². The van der Waals surface area contributed by atoms with E-state index in [1.165, 1.54) is 0 Å². The molecule has 0 aromatic heterocycles. The van der Waals surface area contributed by atoms with Gasteiger partial charge in [0.15, 0.2) is 11.5 Å². The quantitative estimate of drug-likeness (QED) is 0.728. The molecule has 0 fully saturated rings. The van der Waals surface area contributed by atoms with Crippen LogP contribution in [0.1, 0.15) is 16.9 Å². The Morgan fingerprint density at radius 1 is 1.04 bits per heavy atom. The number of benzene rings is 2. The molecule has 122 valence electrons. The lowest BCUT2D eigenvalue weighted by molar-refractivity contribution is 0.171. The maximum absolute atomic E-state index is 11.9. The van der Waals surface area contributed by atoms with Gasteiger partial charge in [-0.3, -0.25) is 9.88 Å². The molecule has 6 nitrogen and oxygen atoms in total. The minimum atomic E-state index is -4.38. The smallest absolute Gasteiger partial charge is 0.346 e. The molecule has 2 aromatic rings. The van der Waals surface area contributed by atoms with E-state index in [-0.39, 0.29) is 0 Å². The van der Waals surface area contributed by atoms with Crippen molar-refractivity contribution in [2.24, 2.45) is 0 Å². The third kappa shape index (κ3) is 3.92. The number of ether oxygens (including phenoxy) is 2. The number of hydrogen-bond donors (Lipinski definition) is 3. The lowest BCUT2D eigenvalue weighted by atomic mass is 10.1. The van der Waals surface area contributed by atoms with E-state index < -0.39 is 13.4 Å². The summed E-state index contributed by atoms with van der Waals surface area (Å²) in [6.45, 7) is 1.25. The molecular weight excluding hydrogens is 317 g/mol. The molecule has 1 heterocycles. The van der Waals surface area contributed by atoms with Crippen LogP contribution in [0.4, 0.5) is 0 Å². The van der Waals surface area contributed by atoms with Crippen LogP contribution in [0, 0.1) is 0 Å². The van der Waals surface area contributed by atoms with Gasteiger partial charge in [-0.25, -0.2) is 0 Å². The average Bonchev–Trinajstić information content (AvgIpc) is 2.54. The summed E-state index contributed by atoms with van der Waals surface area (Å²) in [5, 5.41) is 2.94. The van der Waals surface area contributed by atoms with Crippen LogP contribution in [0.2, 0.25) is 0 Å². The molecule has 0 bridgehead atoms. The third-order valence-electron chi connectivity index (χ3n) is 3.56. The average molecular weight is 335 g/mol. The van der Waals surface area contributed by atoms with E-state index in [4.69, 9.17) is 9.47 Å². The van der Waals surface area contributed by atoms with Crippen molar-refractivity contribution in [1.82, 2.24) is 5.32 Å². The number of fused-ring (bicyclic) bond motifs is 1. The maximum atomic E-state index is 11.9. The fourth-order valence-electron chi connectivity index (χ4n) is 2.47. The first-order valence-electron chi connectivity index (χ1n) is 7.26. The lowest BCUT2D eigenvalue weighted by Gasteiger charge is -2.23. The van der Waals surface area contributed by atoms with Crippen molar-refractivity contribution < 1.29 is 23.8 Å². The van der Waals surface area contributed by atoms with E-state index in [1.54, 1.807) is 18.2 Å². The molecular formula is C16H18NO5P. The largest absolute Gasteiger partial charge is 0.486 e. The Hall–Kier alpha value is -1.85. The van der Waals surface area contributed by atoms with Crippen molar-refractivity contribution in [1.29, 1.82) is 0 Å². The van der Waals surface area contributed by atoms with E-state index in [2.05, 4.69) is 5.32 Å². The van der Waals surface area contributed by atoms with Crippen LogP contribution in [0.15, 0.2) is 48.5 Å². The molecule has 1 aliphatic rings. The van der Waals surface area contributed by atoms with Crippen LogP contribution in [-0.2, 0) is 11.1 Å². The molecule has 0 saturated heterocycles. The van der Waals surface area contributed by atoms with E-state index >= 15 is 0 Å². The summed E-state index contributed by atoms with van der Waals surface area (Å²) in [6.07, 6.45) is 0. The van der Waals surface area contributed by atoms with E-state index in [1.807, 2.05) is 30.3 Å². The molecule has 2 aromatic carbocycles. The normalized spacial score (nSPS) is 15.2. The van der Waals surface area contributed by atoms with Gasteiger partial charge in [0.05, 0.1) is 0 Å². The van der Waals surface area contributed by atoms with Gasteiger partial charge in [-0.15, -0.1) is 0 Å². The fourth-order valence-corrected chi connectivity index (χ4v) is 3.35. The van der Waals surface area contributed by atoms with Gasteiger partial charge in [-0.2, -0.15) is 0 Å². The van der Waals surface area contributed by atoms with Gasteiger partial charge in [-0.1, -0.05) is 36.4 Å². The zero-order valence-corrected chi connectivity index (χ0v) is 13.3. The second kappa shape index (κ2) is 6.72. The SMILES string of the molecule is O=P(O)(O)[C@@H](NCc1ccccc1)c1ccc2c(c1)OCCO2. The van der Waals surface area contributed by atoms with Gasteiger partial charge < -0.3 is 19.3 Å². The Morgan fingerprint density at radius 2 is 1.74 bits per heavy atom. The number of hydrogen-bond acceptors (Lipinski definition) is 4. The molecule has 1 aliphatic heterocycles. The Morgan fingerprint density at radius 3 is 2.43 bits per heavy atom. The topological polar surface area (TPSA) is 88.0 Å². The van der Waals surface area contributed by atoms with Gasteiger partial charge in [0, 0.05) is 6.54 Å². The van der Waals surface area contributed by atoms with Gasteiger partial charge in [0.2, 0.25) is 0 Å². The highest BCUT2D eigenvalue weighted by Crippen LogP contribution is 2.51. The van der Waals surface area contributed by atoms with Gasteiger partial charge >= 0.3 is 7.60 Å². The molecule has 0 unspecified atom stereocenters. The van der Waals surface area contributed by atoms with Crippen molar-refractivity contribution in [3.63, 3.8) is 0 Å². The van der Waals surface area contributed by atoms with Crippen molar-refractivity contribution in [2.75, 3.05) is 13.2 Å². The molecule has 1 atom stereocenters. The monoisotopic (exact) mass is 335 g/mol. The lowest BCUT2D eigenvalue weighted by Crippen LogP contribution is -2.22. The van der Waals surface area contributed by atoms with E-state index in [9.17, 15) is 14.4 Å². The first-order chi connectivity index (χ1) is 11.0. The van der Waals surface area contributed by atoms with Crippen molar-refractivity contribution >= 4 is 7.60 Å². The Kier molecular flexibility index (Phi) is 4.68. The van der Waals surface area contributed by atoms with Crippen molar-refractivity contribution in [3.05, 3.63) is 59.7 Å². The Bertz CT molecular complexity index is 716. The predicted octanol–water partition coefficient (Wildman–Crippen LogP) is 2.42. The molecule has 0 spiro atoms. The highest BCUT2D eigenvalue weighted by Gasteiger charge is 2.31. The summed E-state index contributed by atoms with van der Waals surface area (Å²) in [7, 11) is -4.38. The molecule has 7 heteroatoms. The van der Waals surface area contributed by atoms with Crippen LogP contribution in [0.5, 0.6) is 11.5 Å². The summed E-state index contributed by atoms with van der Waals surface area (Å²) in [6, 6.07) is 14.4. The number of nitrogens with one attached hydrogen (secondary N) is 1. The minimum Gasteiger partial charge on any atom is -0.486 e. The van der Waals surface area contributed by atoms with E-state index in [0.717, 1.165) is 5.56 Å². The number of rotatable bonds is 5. The fraction of sp³-hybridized carbons (Fsp3) is 0.250. The van der Waals surface area contributed by atoms with Gasteiger partial charge in [-0.05, 0) is 23.3 Å². The molecule has 0 radical (unpaired) electrons. The summed E-state index contributed by atoms with van der Waals surface area (Å²) >= 11 is 0. The molecule has 0 amide bonds.